The van der Waals surface area contributed by atoms with Crippen molar-refractivity contribution in [3.63, 3.8) is 0 Å². The molecule has 6 nitrogen and oxygen atoms in total. The summed E-state index contributed by atoms with van der Waals surface area (Å²) in [5.41, 5.74) is 3.29. The fourth-order valence-electron chi connectivity index (χ4n) is 3.06. The Morgan fingerprint density at radius 2 is 1.74 bits per heavy atom. The van der Waals surface area contributed by atoms with Crippen LogP contribution in [0.4, 0.5) is 16.2 Å². The highest BCUT2D eigenvalue weighted by atomic mass is 35.5. The van der Waals surface area contributed by atoms with E-state index in [2.05, 4.69) is 10.6 Å². The average molecular weight is 408 g/mol. The molecule has 0 saturated heterocycles. The number of nitrogens with zero attached hydrogens (tertiary/aromatic N) is 1. The number of hydrogen-bond acceptors (Lipinski definition) is 3. The monoisotopic (exact) mass is 407 g/mol. The maximum absolute atomic E-state index is 12.3. The zero-order valence-corrected chi connectivity index (χ0v) is 16.6. The zero-order valence-electron chi connectivity index (χ0n) is 15.0. The quantitative estimate of drug-likeness (QED) is 0.783. The number of amides is 2. The van der Waals surface area contributed by atoms with Gasteiger partial charge in [0.2, 0.25) is 10.0 Å². The number of hydrogen-bond donors (Lipinski definition) is 2. The first-order valence-electron chi connectivity index (χ1n) is 8.80. The van der Waals surface area contributed by atoms with Crippen molar-refractivity contribution < 1.29 is 13.2 Å². The van der Waals surface area contributed by atoms with E-state index in [0.29, 0.717) is 42.3 Å². The Balaban J connectivity index is 1.68. The minimum atomic E-state index is -3.23. The van der Waals surface area contributed by atoms with E-state index in [1.807, 2.05) is 25.1 Å². The Hall–Kier alpha value is -2.09. The molecule has 2 aromatic rings. The van der Waals surface area contributed by atoms with Crippen LogP contribution in [0, 0.1) is 0 Å². The van der Waals surface area contributed by atoms with E-state index in [-0.39, 0.29) is 11.8 Å². The molecule has 144 valence electrons. The molecule has 2 aromatic carbocycles. The molecule has 0 radical (unpaired) electrons. The molecule has 0 fully saturated rings. The molecule has 0 unspecified atom stereocenters. The number of carbonyl (C=O) groups is 1. The van der Waals surface area contributed by atoms with Crippen LogP contribution in [0.15, 0.2) is 42.5 Å². The molecular formula is C19H22ClN3O3S. The first-order chi connectivity index (χ1) is 12.9. The second-order valence-electron chi connectivity index (χ2n) is 6.47. The fraction of sp³-hybridized carbons (Fsp3) is 0.316. The van der Waals surface area contributed by atoms with Crippen LogP contribution >= 0.6 is 11.6 Å². The minimum absolute atomic E-state index is 0.157. The van der Waals surface area contributed by atoms with Gasteiger partial charge in [0.1, 0.15) is 0 Å². The number of urea groups is 1. The molecule has 0 aliphatic carbocycles. The van der Waals surface area contributed by atoms with Crippen molar-refractivity contribution in [1.82, 2.24) is 4.31 Å². The summed E-state index contributed by atoms with van der Waals surface area (Å²) in [6.07, 6.45) is 1.27. The maximum Gasteiger partial charge on any atom is 0.323 e. The molecule has 0 atom stereocenters. The van der Waals surface area contributed by atoms with Crippen LogP contribution in [0.2, 0.25) is 5.02 Å². The molecule has 1 aliphatic heterocycles. The molecule has 1 heterocycles. The third-order valence-corrected chi connectivity index (χ3v) is 6.67. The van der Waals surface area contributed by atoms with Crippen LogP contribution in [-0.2, 0) is 23.0 Å². The highest BCUT2D eigenvalue weighted by molar-refractivity contribution is 7.89. The van der Waals surface area contributed by atoms with Crippen molar-refractivity contribution in [3.05, 3.63) is 58.6 Å². The molecule has 1 aliphatic rings. The Bertz CT molecular complexity index is 930. The zero-order chi connectivity index (χ0) is 19.4. The van der Waals surface area contributed by atoms with E-state index in [0.717, 1.165) is 11.1 Å². The Kier molecular flexibility index (Phi) is 6.04. The second-order valence-corrected chi connectivity index (χ2v) is 8.99. The van der Waals surface area contributed by atoms with Gasteiger partial charge < -0.3 is 10.6 Å². The lowest BCUT2D eigenvalue weighted by molar-refractivity contribution is 0.262. The Morgan fingerprint density at radius 3 is 2.44 bits per heavy atom. The summed E-state index contributed by atoms with van der Waals surface area (Å²) in [5, 5.41) is 6.11. The van der Waals surface area contributed by atoms with Crippen LogP contribution in [0.1, 0.15) is 24.5 Å². The van der Waals surface area contributed by atoms with Crippen LogP contribution in [0.25, 0.3) is 0 Å². The maximum atomic E-state index is 12.3. The lowest BCUT2D eigenvalue weighted by Crippen LogP contribution is -2.37. The van der Waals surface area contributed by atoms with Gasteiger partial charge in [-0.15, -0.1) is 0 Å². The van der Waals surface area contributed by atoms with Crippen molar-refractivity contribution in [2.45, 2.75) is 26.3 Å². The molecule has 3 rings (SSSR count). The summed E-state index contributed by atoms with van der Waals surface area (Å²) in [6, 6.07) is 12.1. The van der Waals surface area contributed by atoms with Gasteiger partial charge in [-0.1, -0.05) is 24.6 Å². The van der Waals surface area contributed by atoms with Gasteiger partial charge in [-0.2, -0.15) is 4.31 Å². The van der Waals surface area contributed by atoms with E-state index < -0.39 is 10.0 Å². The largest absolute Gasteiger partial charge is 0.323 e. The van der Waals surface area contributed by atoms with Crippen molar-refractivity contribution in [2.75, 3.05) is 22.9 Å². The second kappa shape index (κ2) is 8.29. The summed E-state index contributed by atoms with van der Waals surface area (Å²) in [7, 11) is -3.23. The topological polar surface area (TPSA) is 78.5 Å². The third kappa shape index (κ3) is 5.00. The number of sulfonamides is 1. The predicted molar refractivity (Wildman–Crippen MR) is 109 cm³/mol. The molecule has 8 heteroatoms. The van der Waals surface area contributed by atoms with E-state index >= 15 is 0 Å². The minimum Gasteiger partial charge on any atom is -0.308 e. The lowest BCUT2D eigenvalue weighted by atomic mass is 10.0. The molecule has 27 heavy (non-hydrogen) atoms. The number of benzene rings is 2. The van der Waals surface area contributed by atoms with Gasteiger partial charge in [0.05, 0.1) is 5.75 Å². The first kappa shape index (κ1) is 19.7. The smallest absolute Gasteiger partial charge is 0.308 e. The van der Waals surface area contributed by atoms with Crippen LogP contribution < -0.4 is 10.6 Å². The highest BCUT2D eigenvalue weighted by Gasteiger charge is 2.26. The standard InChI is InChI=1S/C19H22ClN3O3S/c1-2-11-27(25,26)23-10-9-14-3-6-18(12-15(14)13-23)22-19(24)21-17-7-4-16(20)5-8-17/h3-8,12H,2,9-11,13H2,1H3,(H2,21,22,24). The van der Waals surface area contributed by atoms with Gasteiger partial charge in [0, 0.05) is 29.5 Å². The van der Waals surface area contributed by atoms with Crippen molar-refractivity contribution in [1.29, 1.82) is 0 Å². The summed E-state index contributed by atoms with van der Waals surface area (Å²) in [4.78, 5) is 12.2. The van der Waals surface area contributed by atoms with E-state index in [1.165, 1.54) is 4.31 Å². The summed E-state index contributed by atoms with van der Waals surface area (Å²) >= 11 is 5.83. The molecule has 0 bridgehead atoms. The van der Waals surface area contributed by atoms with Crippen LogP contribution in [0.3, 0.4) is 0 Å². The molecule has 2 amide bonds. The number of rotatable bonds is 5. The lowest BCUT2D eigenvalue weighted by Gasteiger charge is -2.28. The van der Waals surface area contributed by atoms with E-state index in [9.17, 15) is 13.2 Å². The molecule has 0 aromatic heterocycles. The molecule has 0 saturated carbocycles. The fourth-order valence-corrected chi connectivity index (χ4v) is 4.67. The molecular weight excluding hydrogens is 386 g/mol. The van der Waals surface area contributed by atoms with Gasteiger partial charge in [-0.3, -0.25) is 0 Å². The normalized spacial score (nSPS) is 14.4. The van der Waals surface area contributed by atoms with Gasteiger partial charge >= 0.3 is 6.03 Å². The Morgan fingerprint density at radius 1 is 1.07 bits per heavy atom. The summed E-state index contributed by atoms with van der Waals surface area (Å²) in [5.74, 6) is 0.157. The summed E-state index contributed by atoms with van der Waals surface area (Å²) < 4.78 is 26.2. The van der Waals surface area contributed by atoms with Gasteiger partial charge in [-0.05, 0) is 60.4 Å². The number of carbonyl (C=O) groups excluding carboxylic acids is 1. The molecule has 2 N–H and O–H groups in total. The van der Waals surface area contributed by atoms with E-state index in [1.54, 1.807) is 24.3 Å². The number of halogens is 1. The van der Waals surface area contributed by atoms with Crippen molar-refractivity contribution >= 4 is 39.0 Å². The molecule has 0 spiro atoms. The predicted octanol–water partition coefficient (Wildman–Crippen LogP) is 4.08. The number of nitrogens with one attached hydrogen (secondary N) is 2. The van der Waals surface area contributed by atoms with E-state index in [4.69, 9.17) is 11.6 Å². The van der Waals surface area contributed by atoms with Crippen LogP contribution in [0.5, 0.6) is 0 Å². The number of anilines is 2. The van der Waals surface area contributed by atoms with Crippen LogP contribution in [-0.4, -0.2) is 31.1 Å². The van der Waals surface area contributed by atoms with Gasteiger partial charge in [0.15, 0.2) is 0 Å². The third-order valence-electron chi connectivity index (χ3n) is 4.40. The van der Waals surface area contributed by atoms with Gasteiger partial charge in [0.25, 0.3) is 0 Å². The first-order valence-corrected chi connectivity index (χ1v) is 10.8. The van der Waals surface area contributed by atoms with Crippen molar-refractivity contribution in [3.8, 4) is 0 Å². The number of fused-ring (bicyclic) bond motifs is 1. The SMILES string of the molecule is CCCS(=O)(=O)N1CCc2ccc(NC(=O)Nc3ccc(Cl)cc3)cc2C1. The average Bonchev–Trinajstić information content (AvgIpc) is 2.63. The summed E-state index contributed by atoms with van der Waals surface area (Å²) in [6.45, 7) is 2.70. The van der Waals surface area contributed by atoms with Gasteiger partial charge in [-0.25, -0.2) is 13.2 Å². The Labute approximate surface area is 164 Å². The highest BCUT2D eigenvalue weighted by Crippen LogP contribution is 2.25. The van der Waals surface area contributed by atoms with Crippen molar-refractivity contribution in [2.24, 2.45) is 0 Å².